The van der Waals surface area contributed by atoms with E-state index in [-0.39, 0.29) is 29.4 Å². The van der Waals surface area contributed by atoms with Gasteiger partial charge in [0, 0.05) is 18.2 Å². The standard InChI is InChI=1S/C20H19F2N3OS/c1-12(2)24(14-6-7-14)20(26)16-11-18(19-4-3-9-27-19)25(23-16)17-8-5-13(21)10-15(17)22/h3-5,8-12,14H,6-7H2,1-2H3. The van der Waals surface area contributed by atoms with Gasteiger partial charge >= 0.3 is 0 Å². The number of hydrogen-bond acceptors (Lipinski definition) is 3. The van der Waals surface area contributed by atoms with Gasteiger partial charge < -0.3 is 4.90 Å². The Kier molecular flexibility index (Phi) is 4.55. The topological polar surface area (TPSA) is 38.1 Å². The molecule has 0 bridgehead atoms. The first-order valence-electron chi connectivity index (χ1n) is 8.87. The highest BCUT2D eigenvalue weighted by atomic mass is 32.1. The van der Waals surface area contributed by atoms with Gasteiger partial charge in [-0.15, -0.1) is 11.3 Å². The monoisotopic (exact) mass is 387 g/mol. The highest BCUT2D eigenvalue weighted by Crippen LogP contribution is 2.33. The molecule has 0 unspecified atom stereocenters. The molecular formula is C20H19F2N3OS. The quantitative estimate of drug-likeness (QED) is 0.625. The van der Waals surface area contributed by atoms with Crippen LogP contribution in [0.5, 0.6) is 0 Å². The number of amides is 1. The van der Waals surface area contributed by atoms with Gasteiger partial charge in [-0.3, -0.25) is 4.79 Å². The van der Waals surface area contributed by atoms with E-state index in [2.05, 4.69) is 5.10 Å². The lowest BCUT2D eigenvalue weighted by atomic mass is 10.2. The minimum absolute atomic E-state index is 0.0582. The Morgan fingerprint density at radius 1 is 1.26 bits per heavy atom. The van der Waals surface area contributed by atoms with Crippen LogP contribution >= 0.6 is 11.3 Å². The molecule has 4 nitrogen and oxygen atoms in total. The molecule has 140 valence electrons. The van der Waals surface area contributed by atoms with E-state index in [4.69, 9.17) is 0 Å². The van der Waals surface area contributed by atoms with Gasteiger partial charge in [0.2, 0.25) is 0 Å². The van der Waals surface area contributed by atoms with E-state index in [9.17, 15) is 13.6 Å². The maximum atomic E-state index is 14.4. The van der Waals surface area contributed by atoms with Crippen molar-refractivity contribution in [3.8, 4) is 16.3 Å². The third-order valence-corrected chi connectivity index (χ3v) is 5.46. The zero-order chi connectivity index (χ0) is 19.1. The summed E-state index contributed by atoms with van der Waals surface area (Å²) in [5.74, 6) is -1.54. The average molecular weight is 387 g/mol. The second-order valence-corrected chi connectivity index (χ2v) is 7.88. The molecule has 0 aliphatic heterocycles. The SMILES string of the molecule is CC(C)N(C(=O)c1cc(-c2cccs2)n(-c2ccc(F)cc2F)n1)C1CC1. The molecule has 27 heavy (non-hydrogen) atoms. The Hall–Kier alpha value is -2.54. The third kappa shape index (κ3) is 3.39. The van der Waals surface area contributed by atoms with Gasteiger partial charge in [0.1, 0.15) is 11.5 Å². The van der Waals surface area contributed by atoms with Crippen molar-refractivity contribution in [1.82, 2.24) is 14.7 Å². The molecule has 4 rings (SSSR count). The van der Waals surface area contributed by atoms with Crippen LogP contribution in [0.2, 0.25) is 0 Å². The van der Waals surface area contributed by atoms with Crippen molar-refractivity contribution >= 4 is 17.2 Å². The fraction of sp³-hybridized carbons (Fsp3) is 0.300. The summed E-state index contributed by atoms with van der Waals surface area (Å²) < 4.78 is 29.1. The molecule has 2 heterocycles. The summed E-state index contributed by atoms with van der Waals surface area (Å²) in [5, 5.41) is 6.31. The van der Waals surface area contributed by atoms with Gasteiger partial charge in [-0.2, -0.15) is 5.10 Å². The van der Waals surface area contributed by atoms with E-state index >= 15 is 0 Å². The fourth-order valence-electron chi connectivity index (χ4n) is 3.23. The molecule has 3 aromatic rings. The highest BCUT2D eigenvalue weighted by Gasteiger charge is 2.36. The number of carbonyl (C=O) groups excluding carboxylic acids is 1. The van der Waals surface area contributed by atoms with Crippen molar-refractivity contribution in [2.45, 2.75) is 38.8 Å². The summed E-state index contributed by atoms with van der Waals surface area (Å²) in [7, 11) is 0. The summed E-state index contributed by atoms with van der Waals surface area (Å²) in [5.41, 5.74) is 0.988. The summed E-state index contributed by atoms with van der Waals surface area (Å²) in [6, 6.07) is 9.10. The number of carbonyl (C=O) groups is 1. The summed E-state index contributed by atoms with van der Waals surface area (Å²) in [6.45, 7) is 3.96. The van der Waals surface area contributed by atoms with Gasteiger partial charge in [-0.05, 0) is 56.3 Å². The minimum Gasteiger partial charge on any atom is -0.332 e. The summed E-state index contributed by atoms with van der Waals surface area (Å²) in [4.78, 5) is 15.8. The molecule has 1 aliphatic rings. The van der Waals surface area contributed by atoms with Crippen molar-refractivity contribution in [2.75, 3.05) is 0 Å². The Morgan fingerprint density at radius 2 is 2.04 bits per heavy atom. The first-order valence-corrected chi connectivity index (χ1v) is 9.75. The zero-order valence-corrected chi connectivity index (χ0v) is 15.8. The van der Waals surface area contributed by atoms with Crippen LogP contribution in [0.3, 0.4) is 0 Å². The van der Waals surface area contributed by atoms with Crippen LogP contribution in [-0.4, -0.2) is 32.7 Å². The largest absolute Gasteiger partial charge is 0.332 e. The van der Waals surface area contributed by atoms with Gasteiger partial charge in [0.05, 0.1) is 10.6 Å². The number of rotatable bonds is 5. The maximum absolute atomic E-state index is 14.4. The molecular weight excluding hydrogens is 368 g/mol. The predicted molar refractivity (Wildman–Crippen MR) is 101 cm³/mol. The molecule has 2 aromatic heterocycles. The van der Waals surface area contributed by atoms with Crippen molar-refractivity contribution in [2.24, 2.45) is 0 Å². The number of thiophene rings is 1. The number of halogens is 2. The maximum Gasteiger partial charge on any atom is 0.274 e. The highest BCUT2D eigenvalue weighted by molar-refractivity contribution is 7.13. The molecule has 0 saturated heterocycles. The predicted octanol–water partition coefficient (Wildman–Crippen LogP) is 4.89. The van der Waals surface area contributed by atoms with Gasteiger partial charge in [-0.25, -0.2) is 13.5 Å². The van der Waals surface area contributed by atoms with Crippen LogP contribution in [0.15, 0.2) is 41.8 Å². The third-order valence-electron chi connectivity index (χ3n) is 4.57. The lowest BCUT2D eigenvalue weighted by Gasteiger charge is -2.25. The number of aromatic nitrogens is 2. The average Bonchev–Trinajstić information content (AvgIpc) is 3.11. The van der Waals surface area contributed by atoms with Gasteiger partial charge in [0.25, 0.3) is 5.91 Å². The number of nitrogens with zero attached hydrogens (tertiary/aromatic N) is 3. The van der Waals surface area contributed by atoms with Crippen LogP contribution in [0.25, 0.3) is 16.3 Å². The molecule has 0 N–H and O–H groups in total. The molecule has 1 saturated carbocycles. The van der Waals surface area contributed by atoms with Crippen LogP contribution in [-0.2, 0) is 0 Å². The smallest absolute Gasteiger partial charge is 0.274 e. The van der Waals surface area contributed by atoms with E-state index in [1.807, 2.05) is 36.3 Å². The van der Waals surface area contributed by atoms with E-state index < -0.39 is 11.6 Å². The number of hydrogen-bond donors (Lipinski definition) is 0. The molecule has 0 radical (unpaired) electrons. The van der Waals surface area contributed by atoms with Crippen LogP contribution in [0.1, 0.15) is 37.2 Å². The zero-order valence-electron chi connectivity index (χ0n) is 15.0. The van der Waals surface area contributed by atoms with E-state index in [0.29, 0.717) is 5.69 Å². The van der Waals surface area contributed by atoms with Crippen LogP contribution in [0, 0.1) is 11.6 Å². The molecule has 1 amide bonds. The Morgan fingerprint density at radius 3 is 2.63 bits per heavy atom. The Labute approximate surface area is 160 Å². The molecule has 1 aliphatic carbocycles. The lowest BCUT2D eigenvalue weighted by Crippen LogP contribution is -2.39. The molecule has 0 spiro atoms. The summed E-state index contributed by atoms with van der Waals surface area (Å²) >= 11 is 1.47. The summed E-state index contributed by atoms with van der Waals surface area (Å²) in [6.07, 6.45) is 1.99. The lowest BCUT2D eigenvalue weighted by molar-refractivity contribution is 0.0683. The van der Waals surface area contributed by atoms with E-state index in [1.54, 1.807) is 6.07 Å². The van der Waals surface area contributed by atoms with Crippen molar-refractivity contribution in [3.05, 3.63) is 59.1 Å². The second kappa shape index (κ2) is 6.88. The Balaban J connectivity index is 1.82. The normalized spacial score (nSPS) is 14.0. The van der Waals surface area contributed by atoms with Gasteiger partial charge in [-0.1, -0.05) is 6.07 Å². The first kappa shape index (κ1) is 17.9. The van der Waals surface area contributed by atoms with Crippen molar-refractivity contribution in [3.63, 3.8) is 0 Å². The van der Waals surface area contributed by atoms with Gasteiger partial charge in [0.15, 0.2) is 11.5 Å². The van der Waals surface area contributed by atoms with E-state index in [1.165, 1.54) is 28.2 Å². The first-order chi connectivity index (χ1) is 13.0. The minimum atomic E-state index is -0.724. The molecule has 0 atom stereocenters. The molecule has 7 heteroatoms. The van der Waals surface area contributed by atoms with E-state index in [0.717, 1.165) is 23.8 Å². The fourth-order valence-corrected chi connectivity index (χ4v) is 3.96. The number of benzene rings is 1. The molecule has 1 aromatic carbocycles. The van der Waals surface area contributed by atoms with Crippen LogP contribution in [0.4, 0.5) is 8.78 Å². The Bertz CT molecular complexity index is 975. The van der Waals surface area contributed by atoms with Crippen molar-refractivity contribution in [1.29, 1.82) is 0 Å². The van der Waals surface area contributed by atoms with Crippen LogP contribution < -0.4 is 0 Å². The van der Waals surface area contributed by atoms with Crippen molar-refractivity contribution < 1.29 is 13.6 Å². The molecule has 1 fully saturated rings. The second-order valence-electron chi connectivity index (χ2n) is 6.94.